The highest BCUT2D eigenvalue weighted by Crippen LogP contribution is 2.27. The zero-order valence-electron chi connectivity index (χ0n) is 12.9. The van der Waals surface area contributed by atoms with Gasteiger partial charge in [0, 0.05) is 19.3 Å². The minimum absolute atomic E-state index is 0.533. The van der Waals surface area contributed by atoms with E-state index in [1.54, 1.807) is 0 Å². The Morgan fingerprint density at radius 1 is 1.38 bits per heavy atom. The van der Waals surface area contributed by atoms with Crippen LogP contribution in [0.3, 0.4) is 0 Å². The molecule has 1 unspecified atom stereocenters. The van der Waals surface area contributed by atoms with Gasteiger partial charge in [-0.3, -0.25) is 0 Å². The molecule has 0 radical (unpaired) electrons. The van der Waals surface area contributed by atoms with Crippen molar-refractivity contribution in [3.63, 3.8) is 0 Å². The summed E-state index contributed by atoms with van der Waals surface area (Å²) < 4.78 is 5.16. The van der Waals surface area contributed by atoms with Crippen LogP contribution in [0, 0.1) is 18.8 Å². The van der Waals surface area contributed by atoms with Crippen LogP contribution in [0.1, 0.15) is 32.5 Å². The van der Waals surface area contributed by atoms with Crippen LogP contribution in [0.4, 0.5) is 5.82 Å². The number of anilines is 1. The maximum atomic E-state index is 5.16. The molecule has 1 aliphatic rings. The second-order valence-corrected chi connectivity index (χ2v) is 6.28. The van der Waals surface area contributed by atoms with Crippen LogP contribution in [-0.4, -0.2) is 28.2 Å². The first-order chi connectivity index (χ1) is 10.1. The lowest BCUT2D eigenvalue weighted by Crippen LogP contribution is -2.21. The van der Waals surface area contributed by atoms with Crippen molar-refractivity contribution in [1.82, 2.24) is 15.1 Å². The van der Waals surface area contributed by atoms with Gasteiger partial charge in [0.05, 0.1) is 5.56 Å². The number of rotatable bonds is 4. The summed E-state index contributed by atoms with van der Waals surface area (Å²) in [6.45, 7) is 8.62. The monoisotopic (exact) mass is 286 g/mol. The summed E-state index contributed by atoms with van der Waals surface area (Å²) in [5, 5.41) is 3.81. The summed E-state index contributed by atoms with van der Waals surface area (Å²) in [7, 11) is 0. The molecule has 1 saturated heterocycles. The first kappa shape index (κ1) is 14.0. The van der Waals surface area contributed by atoms with Gasteiger partial charge in [-0.2, -0.15) is 4.98 Å². The highest BCUT2D eigenvalue weighted by molar-refractivity contribution is 5.54. The van der Waals surface area contributed by atoms with Gasteiger partial charge in [-0.1, -0.05) is 19.0 Å². The molecule has 3 rings (SSSR count). The average Bonchev–Trinajstić information content (AvgIpc) is 3.08. The molecule has 0 N–H and O–H groups in total. The Hall–Kier alpha value is -1.91. The minimum atomic E-state index is 0.533. The highest BCUT2D eigenvalue weighted by Gasteiger charge is 2.24. The third-order valence-electron chi connectivity index (χ3n) is 3.94. The Morgan fingerprint density at radius 2 is 2.24 bits per heavy atom. The molecule has 0 aliphatic carbocycles. The van der Waals surface area contributed by atoms with Crippen LogP contribution >= 0.6 is 0 Å². The van der Waals surface area contributed by atoms with Crippen LogP contribution in [-0.2, 0) is 0 Å². The lowest BCUT2D eigenvalue weighted by molar-refractivity contribution is 0.425. The van der Waals surface area contributed by atoms with Gasteiger partial charge in [-0.15, -0.1) is 0 Å². The molecular weight excluding hydrogens is 264 g/mol. The van der Waals surface area contributed by atoms with E-state index in [1.807, 2.05) is 25.3 Å². The number of hydrogen-bond donors (Lipinski definition) is 0. The van der Waals surface area contributed by atoms with E-state index in [0.29, 0.717) is 11.7 Å². The summed E-state index contributed by atoms with van der Waals surface area (Å²) in [5.41, 5.74) is 0.872. The Morgan fingerprint density at radius 3 is 2.86 bits per heavy atom. The molecule has 2 aromatic heterocycles. The van der Waals surface area contributed by atoms with Crippen molar-refractivity contribution in [2.75, 3.05) is 18.0 Å². The van der Waals surface area contributed by atoms with Crippen LogP contribution in [0.15, 0.2) is 22.9 Å². The number of nitrogens with zero attached hydrogens (tertiary/aromatic N) is 4. The molecule has 112 valence electrons. The van der Waals surface area contributed by atoms with Crippen LogP contribution in [0.2, 0.25) is 0 Å². The second-order valence-electron chi connectivity index (χ2n) is 6.28. The topological polar surface area (TPSA) is 55.1 Å². The Balaban J connectivity index is 1.68. The predicted octanol–water partition coefficient (Wildman–Crippen LogP) is 3.31. The van der Waals surface area contributed by atoms with E-state index in [1.165, 1.54) is 12.8 Å². The molecule has 1 aliphatic heterocycles. The molecule has 21 heavy (non-hydrogen) atoms. The SMILES string of the molecule is Cc1noc(-c2ccc(N3CCC(CC(C)C)C3)nc2)n1. The minimum Gasteiger partial charge on any atom is -0.356 e. The molecule has 5 nitrogen and oxygen atoms in total. The quantitative estimate of drug-likeness (QED) is 0.863. The Kier molecular flexibility index (Phi) is 3.90. The largest absolute Gasteiger partial charge is 0.356 e. The van der Waals surface area contributed by atoms with Gasteiger partial charge in [0.25, 0.3) is 5.89 Å². The Labute approximate surface area is 125 Å². The molecule has 0 saturated carbocycles. The third kappa shape index (κ3) is 3.23. The van der Waals surface area contributed by atoms with Crippen LogP contribution in [0.5, 0.6) is 0 Å². The fourth-order valence-electron chi connectivity index (χ4n) is 3.01. The lowest BCUT2D eigenvalue weighted by atomic mass is 9.97. The van der Waals surface area contributed by atoms with E-state index in [9.17, 15) is 0 Å². The summed E-state index contributed by atoms with van der Waals surface area (Å²) in [4.78, 5) is 11.2. The fourth-order valence-corrected chi connectivity index (χ4v) is 3.01. The van der Waals surface area contributed by atoms with E-state index in [4.69, 9.17) is 4.52 Å². The van der Waals surface area contributed by atoms with Gasteiger partial charge in [-0.05, 0) is 43.7 Å². The zero-order chi connectivity index (χ0) is 14.8. The van der Waals surface area contributed by atoms with Crippen molar-refractivity contribution in [3.8, 4) is 11.5 Å². The molecule has 5 heteroatoms. The molecule has 1 atom stereocenters. The maximum Gasteiger partial charge on any atom is 0.259 e. The van der Waals surface area contributed by atoms with E-state index >= 15 is 0 Å². The molecule has 3 heterocycles. The molecule has 0 amide bonds. The molecule has 0 bridgehead atoms. The number of hydrogen-bond acceptors (Lipinski definition) is 5. The highest BCUT2D eigenvalue weighted by atomic mass is 16.5. The number of aromatic nitrogens is 3. The van der Waals surface area contributed by atoms with Crippen molar-refractivity contribution in [2.45, 2.75) is 33.6 Å². The first-order valence-electron chi connectivity index (χ1n) is 7.63. The Bertz CT molecular complexity index is 591. The second kappa shape index (κ2) is 5.84. The molecule has 0 aromatic carbocycles. The van der Waals surface area contributed by atoms with Gasteiger partial charge in [0.15, 0.2) is 5.82 Å². The van der Waals surface area contributed by atoms with Crippen molar-refractivity contribution < 1.29 is 4.52 Å². The first-order valence-corrected chi connectivity index (χ1v) is 7.63. The van der Waals surface area contributed by atoms with Gasteiger partial charge in [-0.25, -0.2) is 4.98 Å². The number of pyridine rings is 1. The van der Waals surface area contributed by atoms with Crippen LogP contribution in [0.25, 0.3) is 11.5 Å². The summed E-state index contributed by atoms with van der Waals surface area (Å²) in [6.07, 6.45) is 4.39. The lowest BCUT2D eigenvalue weighted by Gasteiger charge is -2.18. The molecule has 0 spiro atoms. The van der Waals surface area contributed by atoms with E-state index in [-0.39, 0.29) is 0 Å². The third-order valence-corrected chi connectivity index (χ3v) is 3.94. The van der Waals surface area contributed by atoms with Crippen LogP contribution < -0.4 is 4.90 Å². The molecule has 1 fully saturated rings. The van der Waals surface area contributed by atoms with Crippen molar-refractivity contribution in [1.29, 1.82) is 0 Å². The zero-order valence-corrected chi connectivity index (χ0v) is 12.9. The van der Waals surface area contributed by atoms with Gasteiger partial charge in [0.1, 0.15) is 5.82 Å². The van der Waals surface area contributed by atoms with E-state index in [0.717, 1.165) is 36.3 Å². The van der Waals surface area contributed by atoms with Gasteiger partial charge < -0.3 is 9.42 Å². The van der Waals surface area contributed by atoms with Crippen molar-refractivity contribution in [2.24, 2.45) is 11.8 Å². The maximum absolute atomic E-state index is 5.16. The number of aryl methyl sites for hydroxylation is 1. The molecular formula is C16H22N4O. The van der Waals surface area contributed by atoms with Gasteiger partial charge >= 0.3 is 0 Å². The van der Waals surface area contributed by atoms with E-state index in [2.05, 4.69) is 33.9 Å². The van der Waals surface area contributed by atoms with Crippen molar-refractivity contribution in [3.05, 3.63) is 24.2 Å². The standard InChI is InChI=1S/C16H22N4O/c1-11(2)8-13-6-7-20(10-13)15-5-4-14(9-17-15)16-18-12(3)19-21-16/h4-5,9,11,13H,6-8,10H2,1-3H3. The van der Waals surface area contributed by atoms with E-state index < -0.39 is 0 Å². The molecule has 2 aromatic rings. The summed E-state index contributed by atoms with van der Waals surface area (Å²) >= 11 is 0. The summed E-state index contributed by atoms with van der Waals surface area (Å²) in [5.74, 6) is 3.79. The smallest absolute Gasteiger partial charge is 0.259 e. The fraction of sp³-hybridized carbons (Fsp3) is 0.562. The average molecular weight is 286 g/mol. The summed E-state index contributed by atoms with van der Waals surface area (Å²) in [6, 6.07) is 4.05. The van der Waals surface area contributed by atoms with Crippen molar-refractivity contribution >= 4 is 5.82 Å². The predicted molar refractivity (Wildman–Crippen MR) is 82.0 cm³/mol. The normalized spacial score (nSPS) is 18.7. The van der Waals surface area contributed by atoms with Gasteiger partial charge in [0.2, 0.25) is 0 Å².